The molecule has 8 heteroatoms. The predicted octanol–water partition coefficient (Wildman–Crippen LogP) is 9.52. The van der Waals surface area contributed by atoms with Crippen LogP contribution in [0.25, 0.3) is 0 Å². The molecule has 4 N–H and O–H groups in total. The quantitative estimate of drug-likeness (QED) is 0.0367. The van der Waals surface area contributed by atoms with E-state index in [1.165, 1.54) is 12.8 Å². The zero-order valence-electron chi connectivity index (χ0n) is 30.5. The summed E-state index contributed by atoms with van der Waals surface area (Å²) in [6.45, 7) is 4.05. The number of allylic oxidation sites excluding steroid dienone is 11. The number of nitrogens with two attached hydrogens (primary N) is 1. The van der Waals surface area contributed by atoms with Gasteiger partial charge in [0.15, 0.2) is 0 Å². The number of carboxylic acids is 1. The van der Waals surface area contributed by atoms with Crippen molar-refractivity contribution in [2.45, 2.75) is 161 Å². The highest BCUT2D eigenvalue weighted by Crippen LogP contribution is 2.11. The first kappa shape index (κ1) is 45.3. The third-order valence-corrected chi connectivity index (χ3v) is 7.72. The molecule has 2 amide bonds. The maximum absolute atomic E-state index is 12.1. The summed E-state index contributed by atoms with van der Waals surface area (Å²) in [4.78, 5) is 46.1. The molecule has 8 nitrogen and oxygen atoms in total. The second-order valence-corrected chi connectivity index (χ2v) is 12.4. The molecule has 276 valence electrons. The second-order valence-electron chi connectivity index (χ2n) is 12.4. The molecule has 0 aromatic rings. The molecule has 0 aliphatic heterocycles. The summed E-state index contributed by atoms with van der Waals surface area (Å²) in [5.41, 5.74) is 5.05. The number of carbonyl (C=O) groups is 4. The SMILES string of the molecule is CC/C=C\C/C=C\C/C=C\CCCCCCCC(=O)O[C@@H](C)/C=C\C/C=C\C/C=C\CCCCCCCC(=O)N[C@@H](CCC(N)=O)C(=O)O. The van der Waals surface area contributed by atoms with E-state index in [1.807, 2.05) is 19.1 Å². The normalized spacial score (nSPS) is 13.4. The molecule has 49 heavy (non-hydrogen) atoms. The summed E-state index contributed by atoms with van der Waals surface area (Å²) in [7, 11) is 0. The summed E-state index contributed by atoms with van der Waals surface area (Å²) in [5.74, 6) is -2.17. The number of rotatable bonds is 32. The van der Waals surface area contributed by atoms with Crippen molar-refractivity contribution in [2.24, 2.45) is 5.73 Å². The Morgan fingerprint density at radius 3 is 1.63 bits per heavy atom. The molecule has 0 spiro atoms. The van der Waals surface area contributed by atoms with Crippen molar-refractivity contribution < 1.29 is 29.0 Å². The summed E-state index contributed by atoms with van der Waals surface area (Å²) in [6.07, 6.45) is 43.7. The number of esters is 1. The molecular weight excluding hydrogens is 616 g/mol. The molecule has 0 heterocycles. The van der Waals surface area contributed by atoms with Gasteiger partial charge in [-0.1, -0.05) is 112 Å². The van der Waals surface area contributed by atoms with E-state index in [4.69, 9.17) is 15.6 Å². The van der Waals surface area contributed by atoms with Gasteiger partial charge in [-0.2, -0.15) is 0 Å². The lowest BCUT2D eigenvalue weighted by Crippen LogP contribution is -2.41. The highest BCUT2D eigenvalue weighted by atomic mass is 16.5. The van der Waals surface area contributed by atoms with Gasteiger partial charge in [-0.3, -0.25) is 14.4 Å². The largest absolute Gasteiger partial charge is 0.480 e. The number of hydrogen-bond acceptors (Lipinski definition) is 5. The van der Waals surface area contributed by atoms with E-state index < -0.39 is 17.9 Å². The smallest absolute Gasteiger partial charge is 0.326 e. The number of unbranched alkanes of at least 4 members (excludes halogenated alkanes) is 10. The van der Waals surface area contributed by atoms with E-state index >= 15 is 0 Å². The van der Waals surface area contributed by atoms with Crippen LogP contribution in [0, 0.1) is 0 Å². The lowest BCUT2D eigenvalue weighted by molar-refractivity contribution is -0.146. The number of ether oxygens (including phenoxy) is 1. The van der Waals surface area contributed by atoms with Crippen molar-refractivity contribution in [1.82, 2.24) is 5.32 Å². The molecule has 0 fully saturated rings. The molecule has 0 unspecified atom stereocenters. The minimum atomic E-state index is -1.16. The lowest BCUT2D eigenvalue weighted by Gasteiger charge is -2.13. The first-order valence-electron chi connectivity index (χ1n) is 18.7. The fraction of sp³-hybridized carbons (Fsp3) is 0.610. The molecule has 2 atom stereocenters. The van der Waals surface area contributed by atoms with Crippen LogP contribution >= 0.6 is 0 Å². The number of hydrogen-bond donors (Lipinski definition) is 3. The van der Waals surface area contributed by atoms with Gasteiger partial charge >= 0.3 is 11.9 Å². The van der Waals surface area contributed by atoms with Gasteiger partial charge in [0.2, 0.25) is 11.8 Å². The Balaban J connectivity index is 3.69. The zero-order valence-corrected chi connectivity index (χ0v) is 30.5. The van der Waals surface area contributed by atoms with Gasteiger partial charge in [-0.25, -0.2) is 4.79 Å². The predicted molar refractivity (Wildman–Crippen MR) is 202 cm³/mol. The van der Waals surface area contributed by atoms with Gasteiger partial charge in [0, 0.05) is 19.3 Å². The zero-order chi connectivity index (χ0) is 36.2. The topological polar surface area (TPSA) is 136 Å². The van der Waals surface area contributed by atoms with E-state index in [0.29, 0.717) is 12.8 Å². The Kier molecular flexibility index (Phi) is 31.6. The minimum absolute atomic E-state index is 0.00553. The Hall–Kier alpha value is -3.68. The first-order chi connectivity index (χ1) is 23.8. The van der Waals surface area contributed by atoms with Crippen molar-refractivity contribution >= 4 is 23.8 Å². The van der Waals surface area contributed by atoms with Crippen LogP contribution in [0.3, 0.4) is 0 Å². The van der Waals surface area contributed by atoms with Gasteiger partial charge in [0.25, 0.3) is 0 Å². The van der Waals surface area contributed by atoms with E-state index in [-0.39, 0.29) is 37.2 Å². The summed E-state index contributed by atoms with van der Waals surface area (Å²) in [5, 5.41) is 11.6. The van der Waals surface area contributed by atoms with Crippen LogP contribution in [-0.4, -0.2) is 41.0 Å². The lowest BCUT2D eigenvalue weighted by atomic mass is 10.1. The minimum Gasteiger partial charge on any atom is -0.480 e. The maximum Gasteiger partial charge on any atom is 0.326 e. The highest BCUT2D eigenvalue weighted by molar-refractivity contribution is 5.84. The fourth-order valence-electron chi connectivity index (χ4n) is 4.92. The molecule has 0 aromatic carbocycles. The van der Waals surface area contributed by atoms with Crippen LogP contribution in [0.4, 0.5) is 0 Å². The summed E-state index contributed by atoms with van der Waals surface area (Å²) < 4.78 is 5.50. The number of carbonyl (C=O) groups excluding carboxylic acids is 3. The number of carboxylic acid groups (broad SMARTS) is 1. The van der Waals surface area contributed by atoms with Crippen LogP contribution in [0.15, 0.2) is 72.9 Å². The summed E-state index contributed by atoms with van der Waals surface area (Å²) >= 11 is 0. The Morgan fingerprint density at radius 1 is 0.633 bits per heavy atom. The van der Waals surface area contributed by atoms with Crippen molar-refractivity contribution in [3.05, 3.63) is 72.9 Å². The monoisotopic (exact) mass is 682 g/mol. The van der Waals surface area contributed by atoms with Crippen LogP contribution < -0.4 is 11.1 Å². The molecule has 0 saturated heterocycles. The van der Waals surface area contributed by atoms with Crippen molar-refractivity contribution in [3.63, 3.8) is 0 Å². The van der Waals surface area contributed by atoms with E-state index in [1.54, 1.807) is 0 Å². The van der Waals surface area contributed by atoms with Crippen molar-refractivity contribution in [2.75, 3.05) is 0 Å². The van der Waals surface area contributed by atoms with Gasteiger partial charge < -0.3 is 20.9 Å². The first-order valence-corrected chi connectivity index (χ1v) is 18.7. The number of primary amides is 1. The van der Waals surface area contributed by atoms with E-state index in [9.17, 15) is 19.2 Å². The van der Waals surface area contributed by atoms with Crippen LogP contribution in [0.1, 0.15) is 149 Å². The molecule has 0 aromatic heterocycles. The van der Waals surface area contributed by atoms with E-state index in [2.05, 4.69) is 73.0 Å². The van der Waals surface area contributed by atoms with E-state index in [0.717, 1.165) is 89.9 Å². The van der Waals surface area contributed by atoms with Gasteiger partial charge in [0.1, 0.15) is 12.1 Å². The molecule has 0 saturated carbocycles. The van der Waals surface area contributed by atoms with Crippen molar-refractivity contribution in [1.29, 1.82) is 0 Å². The van der Waals surface area contributed by atoms with Crippen LogP contribution in [-0.2, 0) is 23.9 Å². The Morgan fingerprint density at radius 2 is 1.10 bits per heavy atom. The third-order valence-electron chi connectivity index (χ3n) is 7.72. The molecule has 0 aliphatic rings. The molecule has 0 aliphatic carbocycles. The molecule has 0 radical (unpaired) electrons. The average Bonchev–Trinajstić information content (AvgIpc) is 3.06. The Bertz CT molecular complexity index is 1060. The summed E-state index contributed by atoms with van der Waals surface area (Å²) in [6, 6.07) is -1.08. The van der Waals surface area contributed by atoms with Gasteiger partial charge in [-0.05, 0) is 90.0 Å². The fourth-order valence-corrected chi connectivity index (χ4v) is 4.92. The van der Waals surface area contributed by atoms with Gasteiger partial charge in [-0.15, -0.1) is 0 Å². The van der Waals surface area contributed by atoms with Crippen LogP contribution in [0.2, 0.25) is 0 Å². The number of amides is 2. The molecule has 0 bridgehead atoms. The second kappa shape index (κ2) is 34.2. The number of aliphatic carboxylic acids is 1. The van der Waals surface area contributed by atoms with Crippen LogP contribution in [0.5, 0.6) is 0 Å². The molecular formula is C41H66N2O6. The highest BCUT2D eigenvalue weighted by Gasteiger charge is 2.20. The average molecular weight is 683 g/mol. The van der Waals surface area contributed by atoms with Gasteiger partial charge in [0.05, 0.1) is 0 Å². The number of nitrogens with one attached hydrogen (secondary N) is 1. The van der Waals surface area contributed by atoms with Crippen molar-refractivity contribution in [3.8, 4) is 0 Å². The maximum atomic E-state index is 12.1. The Labute approximate surface area is 297 Å². The third kappa shape index (κ3) is 34.0. The molecule has 0 rings (SSSR count). The standard InChI is InChI=1S/C41H66N2O6/c1-3-4-5-6-7-8-9-10-11-15-18-21-24-27-30-33-40(46)49-36(2)31-28-25-22-19-16-13-12-14-17-20-23-26-29-32-39(45)43-37(41(47)48)34-35-38(42)44/h4-5,7-8,10-13,19,22,28,31,36-37H,3,6,9,14-18,20-21,23-27,29-30,32-35H2,1-2H3,(H2,42,44)(H,43,45)(H,47,48)/b5-4-,8-7-,11-10-,13-12-,22-19-,31-28-/t36-,37-/m0/s1.